The molecule has 0 saturated carbocycles. The van der Waals surface area contributed by atoms with Gasteiger partial charge in [-0.3, -0.25) is 4.79 Å². The van der Waals surface area contributed by atoms with Gasteiger partial charge in [0.05, 0.1) is 11.9 Å². The first-order valence-corrected chi connectivity index (χ1v) is 6.91. The van der Waals surface area contributed by atoms with Crippen LogP contribution in [0.4, 0.5) is 5.82 Å². The van der Waals surface area contributed by atoms with Crippen LogP contribution in [0.15, 0.2) is 41.5 Å². The molecule has 0 amide bonds. The lowest BCUT2D eigenvalue weighted by atomic mass is 9.92. The summed E-state index contributed by atoms with van der Waals surface area (Å²) in [6, 6.07) is 9.87. The molecule has 0 aliphatic carbocycles. The van der Waals surface area contributed by atoms with Crippen molar-refractivity contribution >= 4 is 28.4 Å². The molecule has 1 unspecified atom stereocenters. The summed E-state index contributed by atoms with van der Waals surface area (Å²) in [5, 5.41) is 3.27. The van der Waals surface area contributed by atoms with Crippen LogP contribution >= 0.6 is 22.6 Å². The molecule has 100 valence electrons. The van der Waals surface area contributed by atoms with Gasteiger partial charge in [-0.05, 0) is 35.1 Å². The van der Waals surface area contributed by atoms with Crippen molar-refractivity contribution in [1.82, 2.24) is 9.97 Å². The minimum Gasteiger partial charge on any atom is -0.358 e. The van der Waals surface area contributed by atoms with Gasteiger partial charge in [0, 0.05) is 6.54 Å². The Labute approximate surface area is 124 Å². The summed E-state index contributed by atoms with van der Waals surface area (Å²) in [6.45, 7) is 2.38. The number of hydrogen-bond acceptors (Lipinski definition) is 4. The van der Waals surface area contributed by atoms with Crippen LogP contribution in [0.1, 0.15) is 12.5 Å². The molecule has 0 aliphatic rings. The average Bonchev–Trinajstić information content (AvgIpc) is 2.45. The van der Waals surface area contributed by atoms with E-state index >= 15 is 0 Å². The van der Waals surface area contributed by atoms with Crippen LogP contribution in [0.2, 0.25) is 0 Å². The van der Waals surface area contributed by atoms with Gasteiger partial charge in [-0.25, -0.2) is 4.98 Å². The van der Waals surface area contributed by atoms with Crippen molar-refractivity contribution in [2.24, 2.45) is 5.73 Å². The maximum Gasteiger partial charge on any atom is 0.266 e. The number of nitrogens with two attached hydrogens (primary N) is 1. The van der Waals surface area contributed by atoms with E-state index in [2.05, 4.69) is 15.3 Å². The van der Waals surface area contributed by atoms with Crippen molar-refractivity contribution in [1.29, 1.82) is 0 Å². The van der Waals surface area contributed by atoms with Gasteiger partial charge < -0.3 is 16.0 Å². The van der Waals surface area contributed by atoms with Crippen molar-refractivity contribution < 1.29 is 0 Å². The fourth-order valence-electron chi connectivity index (χ4n) is 1.78. The zero-order valence-electron chi connectivity index (χ0n) is 10.5. The summed E-state index contributed by atoms with van der Waals surface area (Å²) in [5.41, 5.74) is 6.32. The van der Waals surface area contributed by atoms with E-state index in [4.69, 9.17) is 5.73 Å². The molecular formula is C13H15IN4O. The standard InChI is InChI=1S/C13H15IN4O/c1-13(7-15,9-5-3-2-4-6-9)18-11-10(14)12(19)17-8-16-11/h2-6,8H,7,15H2,1H3,(H2,16,17,18,19). The van der Waals surface area contributed by atoms with Crippen LogP contribution in [0, 0.1) is 3.57 Å². The normalized spacial score (nSPS) is 13.8. The number of anilines is 1. The first-order valence-electron chi connectivity index (χ1n) is 5.84. The van der Waals surface area contributed by atoms with Crippen molar-refractivity contribution in [3.05, 3.63) is 56.1 Å². The Balaban J connectivity index is 2.39. The molecule has 0 radical (unpaired) electrons. The molecule has 2 aromatic rings. The SMILES string of the molecule is CC(CN)(Nc1nc[nH]c(=O)c1I)c1ccccc1. The summed E-state index contributed by atoms with van der Waals surface area (Å²) in [5.74, 6) is 0.543. The highest BCUT2D eigenvalue weighted by atomic mass is 127. The van der Waals surface area contributed by atoms with Gasteiger partial charge in [-0.1, -0.05) is 30.3 Å². The monoisotopic (exact) mass is 370 g/mol. The molecule has 19 heavy (non-hydrogen) atoms. The summed E-state index contributed by atoms with van der Waals surface area (Å²) >= 11 is 1.97. The molecule has 0 spiro atoms. The Morgan fingerprint density at radius 1 is 1.42 bits per heavy atom. The van der Waals surface area contributed by atoms with E-state index in [1.807, 2.05) is 59.8 Å². The molecule has 1 aromatic carbocycles. The Morgan fingerprint density at radius 3 is 2.74 bits per heavy atom. The van der Waals surface area contributed by atoms with E-state index in [-0.39, 0.29) is 5.56 Å². The fourth-order valence-corrected chi connectivity index (χ4v) is 2.21. The van der Waals surface area contributed by atoms with Gasteiger partial charge in [0.15, 0.2) is 0 Å². The molecule has 0 saturated heterocycles. The molecule has 1 atom stereocenters. The quantitative estimate of drug-likeness (QED) is 0.715. The molecule has 1 heterocycles. The van der Waals surface area contributed by atoms with Gasteiger partial charge in [0.1, 0.15) is 9.39 Å². The number of H-pyrrole nitrogens is 1. The highest BCUT2D eigenvalue weighted by Crippen LogP contribution is 2.25. The Bertz CT molecular complexity index is 614. The molecule has 6 heteroatoms. The van der Waals surface area contributed by atoms with Crippen LogP contribution in [0.3, 0.4) is 0 Å². The zero-order chi connectivity index (χ0) is 13.9. The second-order valence-corrected chi connectivity index (χ2v) is 5.50. The molecule has 5 nitrogen and oxygen atoms in total. The number of aromatic amines is 1. The smallest absolute Gasteiger partial charge is 0.266 e. The van der Waals surface area contributed by atoms with E-state index in [0.29, 0.717) is 15.9 Å². The van der Waals surface area contributed by atoms with Crippen LogP contribution in [-0.2, 0) is 5.54 Å². The summed E-state index contributed by atoms with van der Waals surface area (Å²) in [7, 11) is 0. The molecule has 1 aromatic heterocycles. The van der Waals surface area contributed by atoms with Gasteiger partial charge in [-0.15, -0.1) is 0 Å². The minimum atomic E-state index is -0.470. The maximum atomic E-state index is 11.6. The third-order valence-electron chi connectivity index (χ3n) is 3.01. The third-order valence-corrected chi connectivity index (χ3v) is 4.01. The number of rotatable bonds is 4. The van der Waals surface area contributed by atoms with Crippen LogP contribution in [-0.4, -0.2) is 16.5 Å². The van der Waals surface area contributed by atoms with Gasteiger partial charge in [0.2, 0.25) is 0 Å². The Hall–Kier alpha value is -1.41. The van der Waals surface area contributed by atoms with Crippen molar-refractivity contribution in [2.45, 2.75) is 12.5 Å². The number of hydrogen-bond donors (Lipinski definition) is 3. The highest BCUT2D eigenvalue weighted by molar-refractivity contribution is 14.1. The Morgan fingerprint density at radius 2 is 2.11 bits per heavy atom. The number of nitrogens with one attached hydrogen (secondary N) is 2. The second-order valence-electron chi connectivity index (χ2n) is 4.42. The van der Waals surface area contributed by atoms with Crippen LogP contribution in [0.25, 0.3) is 0 Å². The largest absolute Gasteiger partial charge is 0.358 e. The van der Waals surface area contributed by atoms with E-state index in [0.717, 1.165) is 5.56 Å². The molecule has 0 fully saturated rings. The predicted octanol–water partition coefficient (Wildman–Crippen LogP) is 1.66. The van der Waals surface area contributed by atoms with Gasteiger partial charge in [-0.2, -0.15) is 0 Å². The van der Waals surface area contributed by atoms with E-state index in [1.54, 1.807) is 0 Å². The Kier molecular flexibility index (Phi) is 4.20. The topological polar surface area (TPSA) is 83.8 Å². The lowest BCUT2D eigenvalue weighted by Gasteiger charge is -2.30. The lowest BCUT2D eigenvalue weighted by Crippen LogP contribution is -2.40. The summed E-state index contributed by atoms with van der Waals surface area (Å²) < 4.78 is 0.524. The van der Waals surface area contributed by atoms with E-state index in [9.17, 15) is 4.79 Å². The first-order chi connectivity index (χ1) is 9.07. The first kappa shape index (κ1) is 14.0. The second kappa shape index (κ2) is 5.70. The molecule has 0 bridgehead atoms. The molecular weight excluding hydrogens is 355 g/mol. The van der Waals surface area contributed by atoms with Crippen LogP contribution in [0.5, 0.6) is 0 Å². The van der Waals surface area contributed by atoms with Crippen molar-refractivity contribution in [2.75, 3.05) is 11.9 Å². The molecule has 2 rings (SSSR count). The van der Waals surface area contributed by atoms with Gasteiger partial charge >= 0.3 is 0 Å². The van der Waals surface area contributed by atoms with Gasteiger partial charge in [0.25, 0.3) is 5.56 Å². The summed E-state index contributed by atoms with van der Waals surface area (Å²) in [4.78, 5) is 18.3. The number of halogens is 1. The molecule has 0 aliphatic heterocycles. The number of aromatic nitrogens is 2. The minimum absolute atomic E-state index is 0.162. The zero-order valence-corrected chi connectivity index (χ0v) is 12.6. The van der Waals surface area contributed by atoms with E-state index in [1.165, 1.54) is 6.33 Å². The summed E-state index contributed by atoms with van der Waals surface area (Å²) in [6.07, 6.45) is 1.38. The van der Waals surface area contributed by atoms with Crippen LogP contribution < -0.4 is 16.6 Å². The van der Waals surface area contributed by atoms with E-state index < -0.39 is 5.54 Å². The van der Waals surface area contributed by atoms with Crippen molar-refractivity contribution in [3.8, 4) is 0 Å². The predicted molar refractivity (Wildman–Crippen MR) is 84.0 cm³/mol. The highest BCUT2D eigenvalue weighted by Gasteiger charge is 2.26. The average molecular weight is 370 g/mol. The number of benzene rings is 1. The fraction of sp³-hybridized carbons (Fsp3) is 0.231. The lowest BCUT2D eigenvalue weighted by molar-refractivity contribution is 0.553. The third kappa shape index (κ3) is 2.95. The maximum absolute atomic E-state index is 11.6. The van der Waals surface area contributed by atoms with Crippen molar-refractivity contribution in [3.63, 3.8) is 0 Å². The molecule has 4 N–H and O–H groups in total. The number of nitrogens with zero attached hydrogens (tertiary/aromatic N) is 1.